The van der Waals surface area contributed by atoms with E-state index in [-0.39, 0.29) is 6.10 Å². The van der Waals surface area contributed by atoms with Crippen LogP contribution in [0.1, 0.15) is 12.0 Å². The van der Waals surface area contributed by atoms with E-state index in [1.807, 2.05) is 24.3 Å². The number of halogens is 1. The predicted molar refractivity (Wildman–Crippen MR) is 60.7 cm³/mol. The van der Waals surface area contributed by atoms with Crippen LogP contribution >= 0.6 is 15.9 Å². The second-order valence-electron chi connectivity index (χ2n) is 3.21. The maximum absolute atomic E-state index is 5.84. The molecule has 1 aliphatic heterocycles. The predicted octanol–water partition coefficient (Wildman–Crippen LogP) is 2.16. The Labute approximate surface area is 91.1 Å². The quantitative estimate of drug-likeness (QED) is 0.650. The van der Waals surface area contributed by atoms with Crippen LogP contribution in [0.25, 0.3) is 0 Å². The molecule has 14 heavy (non-hydrogen) atoms. The number of oxime groups is 1. The van der Waals surface area contributed by atoms with Gasteiger partial charge in [0, 0.05) is 23.0 Å². The maximum Gasteiger partial charge on any atom is 0.142 e. The fourth-order valence-corrected chi connectivity index (χ4v) is 1.78. The van der Waals surface area contributed by atoms with Gasteiger partial charge in [0.2, 0.25) is 0 Å². The summed E-state index contributed by atoms with van der Waals surface area (Å²) in [5.74, 6) is 0. The van der Waals surface area contributed by atoms with E-state index in [0.717, 1.165) is 28.7 Å². The minimum Gasteiger partial charge on any atom is -0.398 e. The number of hydrogen-bond donors (Lipinski definition) is 1. The van der Waals surface area contributed by atoms with Crippen LogP contribution in [-0.4, -0.2) is 17.1 Å². The number of para-hydroxylation sites is 1. The van der Waals surface area contributed by atoms with Crippen molar-refractivity contribution in [3.05, 3.63) is 29.8 Å². The highest BCUT2D eigenvalue weighted by Gasteiger charge is 2.21. The summed E-state index contributed by atoms with van der Waals surface area (Å²) in [6.07, 6.45) is 0.962. The van der Waals surface area contributed by atoms with Gasteiger partial charge in [0.25, 0.3) is 0 Å². The van der Waals surface area contributed by atoms with Crippen molar-refractivity contribution in [1.82, 2.24) is 0 Å². The molecular weight excluding hydrogens is 244 g/mol. The standard InChI is InChI=1S/C10H11BrN2O/c11-6-7-5-10(13-14-7)8-3-1-2-4-9(8)12/h1-4,7H,5-6,12H2/t7-/m1/s1. The number of nitrogens with zero attached hydrogens (tertiary/aromatic N) is 1. The van der Waals surface area contributed by atoms with Crippen LogP contribution in [0.2, 0.25) is 0 Å². The van der Waals surface area contributed by atoms with Gasteiger partial charge in [-0.25, -0.2) is 0 Å². The zero-order valence-electron chi connectivity index (χ0n) is 7.61. The lowest BCUT2D eigenvalue weighted by Crippen LogP contribution is -2.10. The Morgan fingerprint density at radius 1 is 1.50 bits per heavy atom. The van der Waals surface area contributed by atoms with E-state index in [2.05, 4.69) is 21.1 Å². The van der Waals surface area contributed by atoms with Gasteiger partial charge in [-0.1, -0.05) is 39.3 Å². The second kappa shape index (κ2) is 4.00. The Bertz CT molecular complexity index is 365. The molecule has 0 aliphatic carbocycles. The molecule has 3 nitrogen and oxygen atoms in total. The van der Waals surface area contributed by atoms with E-state index in [9.17, 15) is 0 Å². The Hall–Kier alpha value is -1.03. The molecule has 0 bridgehead atoms. The molecule has 0 aromatic heterocycles. The Kier molecular flexibility index (Phi) is 2.72. The lowest BCUT2D eigenvalue weighted by Gasteiger charge is -2.03. The Balaban J connectivity index is 2.22. The average Bonchev–Trinajstić information content (AvgIpc) is 2.67. The van der Waals surface area contributed by atoms with Gasteiger partial charge in [0.15, 0.2) is 0 Å². The summed E-state index contributed by atoms with van der Waals surface area (Å²) in [4.78, 5) is 5.21. The zero-order chi connectivity index (χ0) is 9.97. The lowest BCUT2D eigenvalue weighted by molar-refractivity contribution is 0.104. The summed E-state index contributed by atoms with van der Waals surface area (Å²) in [6, 6.07) is 7.71. The highest BCUT2D eigenvalue weighted by Crippen LogP contribution is 2.21. The van der Waals surface area contributed by atoms with Gasteiger partial charge < -0.3 is 10.6 Å². The van der Waals surface area contributed by atoms with Gasteiger partial charge in [-0.15, -0.1) is 0 Å². The largest absolute Gasteiger partial charge is 0.398 e. The Morgan fingerprint density at radius 2 is 2.29 bits per heavy atom. The van der Waals surface area contributed by atoms with Gasteiger partial charge >= 0.3 is 0 Å². The minimum atomic E-state index is 0.143. The monoisotopic (exact) mass is 254 g/mol. The molecule has 0 saturated heterocycles. The van der Waals surface area contributed by atoms with Crippen molar-refractivity contribution >= 4 is 27.3 Å². The van der Waals surface area contributed by atoms with Gasteiger partial charge in [-0.05, 0) is 6.07 Å². The summed E-state index contributed by atoms with van der Waals surface area (Å²) in [6.45, 7) is 0. The van der Waals surface area contributed by atoms with Crippen molar-refractivity contribution in [3.8, 4) is 0 Å². The van der Waals surface area contributed by atoms with Crippen molar-refractivity contribution in [1.29, 1.82) is 0 Å². The molecule has 2 N–H and O–H groups in total. The number of nitrogens with two attached hydrogens (primary N) is 1. The van der Waals surface area contributed by atoms with Crippen LogP contribution in [-0.2, 0) is 4.84 Å². The normalized spacial score (nSPS) is 20.4. The molecule has 0 amide bonds. The van der Waals surface area contributed by atoms with Gasteiger partial charge in [0.1, 0.15) is 6.10 Å². The van der Waals surface area contributed by atoms with Crippen molar-refractivity contribution in [3.63, 3.8) is 0 Å². The smallest absolute Gasteiger partial charge is 0.142 e. The molecular formula is C10H11BrN2O. The number of rotatable bonds is 2. The van der Waals surface area contributed by atoms with Crippen molar-refractivity contribution in [2.45, 2.75) is 12.5 Å². The van der Waals surface area contributed by atoms with Gasteiger partial charge in [-0.3, -0.25) is 0 Å². The summed E-state index contributed by atoms with van der Waals surface area (Å²) in [5, 5.41) is 4.82. The SMILES string of the molecule is Nc1ccccc1C1=NO[C@@H](CBr)C1. The summed E-state index contributed by atoms with van der Waals surface area (Å²) in [7, 11) is 0. The molecule has 74 valence electrons. The first kappa shape index (κ1) is 9.52. The topological polar surface area (TPSA) is 47.6 Å². The summed E-state index contributed by atoms with van der Waals surface area (Å²) in [5.41, 5.74) is 8.51. The summed E-state index contributed by atoms with van der Waals surface area (Å²) >= 11 is 3.37. The number of anilines is 1. The van der Waals surface area contributed by atoms with Crippen LogP contribution in [0.4, 0.5) is 5.69 Å². The molecule has 1 aromatic rings. The average molecular weight is 255 g/mol. The van der Waals surface area contributed by atoms with Crippen molar-refractivity contribution in [2.24, 2.45) is 5.16 Å². The van der Waals surface area contributed by atoms with E-state index < -0.39 is 0 Å². The molecule has 4 heteroatoms. The lowest BCUT2D eigenvalue weighted by atomic mass is 10.0. The first-order valence-corrected chi connectivity index (χ1v) is 5.57. The molecule has 0 spiro atoms. The third-order valence-electron chi connectivity index (χ3n) is 2.18. The van der Waals surface area contributed by atoms with Gasteiger partial charge in [0.05, 0.1) is 5.71 Å². The van der Waals surface area contributed by atoms with Gasteiger partial charge in [-0.2, -0.15) is 0 Å². The molecule has 0 radical (unpaired) electrons. The molecule has 0 unspecified atom stereocenters. The van der Waals surface area contributed by atoms with Crippen LogP contribution in [0, 0.1) is 0 Å². The number of benzene rings is 1. The van der Waals surface area contributed by atoms with Crippen molar-refractivity contribution in [2.75, 3.05) is 11.1 Å². The number of nitrogen functional groups attached to an aromatic ring is 1. The van der Waals surface area contributed by atoms with Crippen LogP contribution in [0.15, 0.2) is 29.4 Å². The van der Waals surface area contributed by atoms with E-state index in [1.54, 1.807) is 0 Å². The fraction of sp³-hybridized carbons (Fsp3) is 0.300. The maximum atomic E-state index is 5.84. The Morgan fingerprint density at radius 3 is 2.93 bits per heavy atom. The highest BCUT2D eigenvalue weighted by atomic mass is 79.9. The van der Waals surface area contributed by atoms with Crippen molar-refractivity contribution < 1.29 is 4.84 Å². The highest BCUT2D eigenvalue weighted by molar-refractivity contribution is 9.09. The van der Waals surface area contributed by atoms with E-state index in [0.29, 0.717) is 0 Å². The number of hydrogen-bond acceptors (Lipinski definition) is 3. The van der Waals surface area contributed by atoms with Crippen LogP contribution in [0.3, 0.4) is 0 Å². The summed E-state index contributed by atoms with van der Waals surface area (Å²) < 4.78 is 0. The fourth-order valence-electron chi connectivity index (χ4n) is 1.43. The molecule has 1 aliphatic rings. The number of alkyl halides is 1. The van der Waals surface area contributed by atoms with Crippen LogP contribution < -0.4 is 5.73 Å². The molecule has 0 saturated carbocycles. The molecule has 0 fully saturated rings. The van der Waals surface area contributed by atoms with E-state index >= 15 is 0 Å². The first-order chi connectivity index (χ1) is 6.81. The molecule has 1 heterocycles. The van der Waals surface area contributed by atoms with E-state index in [1.165, 1.54) is 0 Å². The third-order valence-corrected chi connectivity index (χ3v) is 2.90. The first-order valence-electron chi connectivity index (χ1n) is 4.45. The minimum absolute atomic E-state index is 0.143. The molecule has 1 aromatic carbocycles. The molecule has 2 rings (SSSR count). The second-order valence-corrected chi connectivity index (χ2v) is 3.86. The molecule has 1 atom stereocenters. The zero-order valence-corrected chi connectivity index (χ0v) is 9.20. The van der Waals surface area contributed by atoms with E-state index in [4.69, 9.17) is 10.6 Å². The van der Waals surface area contributed by atoms with Crippen LogP contribution in [0.5, 0.6) is 0 Å². The third kappa shape index (κ3) is 1.75.